The molecule has 0 saturated heterocycles. The highest BCUT2D eigenvalue weighted by molar-refractivity contribution is 6.32. The predicted molar refractivity (Wildman–Crippen MR) is 97.2 cm³/mol. The van der Waals surface area contributed by atoms with Gasteiger partial charge in [-0.1, -0.05) is 16.8 Å². The Bertz CT molecular complexity index is 957. The number of nitrogens with one attached hydrogen (secondary N) is 2. The minimum Gasteiger partial charge on any atom is -0.495 e. The van der Waals surface area contributed by atoms with Gasteiger partial charge in [0, 0.05) is 17.4 Å². The molecule has 0 aliphatic carbocycles. The molecule has 9 heteroatoms. The number of aromatic nitrogens is 3. The van der Waals surface area contributed by atoms with Gasteiger partial charge in [-0.05, 0) is 38.1 Å². The van der Waals surface area contributed by atoms with E-state index in [9.17, 15) is 4.79 Å². The Kier molecular flexibility index (Phi) is 5.04. The summed E-state index contributed by atoms with van der Waals surface area (Å²) < 4.78 is 10.1. The van der Waals surface area contributed by atoms with Crippen LogP contribution in [0, 0.1) is 13.8 Å². The Labute approximate surface area is 154 Å². The molecule has 0 radical (unpaired) electrons. The van der Waals surface area contributed by atoms with Gasteiger partial charge in [0.1, 0.15) is 17.2 Å². The van der Waals surface area contributed by atoms with Gasteiger partial charge < -0.3 is 19.9 Å². The summed E-state index contributed by atoms with van der Waals surface area (Å²) in [5.74, 6) is 1.49. The molecule has 0 fully saturated rings. The molecule has 26 heavy (non-hydrogen) atoms. The van der Waals surface area contributed by atoms with Crippen LogP contribution in [0.3, 0.4) is 0 Å². The van der Waals surface area contributed by atoms with E-state index < -0.39 is 5.91 Å². The third kappa shape index (κ3) is 4.09. The number of benzene rings is 1. The largest absolute Gasteiger partial charge is 0.495 e. The summed E-state index contributed by atoms with van der Waals surface area (Å²) in [6.07, 6.45) is 0. The fraction of sp³-hybridized carbons (Fsp3) is 0.176. The Balaban J connectivity index is 1.79. The van der Waals surface area contributed by atoms with Crippen molar-refractivity contribution in [2.45, 2.75) is 13.8 Å². The maximum atomic E-state index is 12.5. The van der Waals surface area contributed by atoms with Crippen LogP contribution in [-0.2, 0) is 0 Å². The summed E-state index contributed by atoms with van der Waals surface area (Å²) in [6, 6.07) is 8.24. The summed E-state index contributed by atoms with van der Waals surface area (Å²) in [7, 11) is 1.52. The van der Waals surface area contributed by atoms with Crippen LogP contribution >= 0.6 is 11.6 Å². The van der Waals surface area contributed by atoms with Gasteiger partial charge in [-0.15, -0.1) is 0 Å². The lowest BCUT2D eigenvalue weighted by Crippen LogP contribution is -2.15. The Morgan fingerprint density at radius 1 is 1.19 bits per heavy atom. The van der Waals surface area contributed by atoms with E-state index in [2.05, 4.69) is 25.8 Å². The topological polar surface area (TPSA) is 102 Å². The molecule has 2 N–H and O–H groups in total. The Morgan fingerprint density at radius 3 is 2.65 bits per heavy atom. The first-order valence-corrected chi connectivity index (χ1v) is 8.03. The number of amides is 1. The average molecular weight is 374 g/mol. The normalized spacial score (nSPS) is 10.5. The van der Waals surface area contributed by atoms with E-state index in [0.29, 0.717) is 33.7 Å². The van der Waals surface area contributed by atoms with Crippen molar-refractivity contribution >= 4 is 35.0 Å². The molecular weight excluding hydrogens is 358 g/mol. The van der Waals surface area contributed by atoms with Crippen molar-refractivity contribution in [1.82, 2.24) is 15.1 Å². The molecule has 134 valence electrons. The van der Waals surface area contributed by atoms with Gasteiger partial charge >= 0.3 is 0 Å². The molecule has 0 atom stereocenters. The van der Waals surface area contributed by atoms with Gasteiger partial charge in [0.05, 0.1) is 12.1 Å². The zero-order valence-corrected chi connectivity index (χ0v) is 15.1. The van der Waals surface area contributed by atoms with E-state index in [1.165, 1.54) is 7.11 Å². The molecular formula is C17H16ClN5O3. The van der Waals surface area contributed by atoms with E-state index in [1.807, 2.05) is 0 Å². The maximum Gasteiger partial charge on any atom is 0.274 e. The molecule has 2 aromatic heterocycles. The van der Waals surface area contributed by atoms with Crippen LogP contribution in [0.1, 0.15) is 21.9 Å². The van der Waals surface area contributed by atoms with Crippen molar-refractivity contribution < 1.29 is 14.1 Å². The molecule has 0 unspecified atom stereocenters. The number of hydrogen-bond acceptors (Lipinski definition) is 7. The number of carbonyl (C=O) groups excluding carboxylic acids is 1. The fourth-order valence-corrected chi connectivity index (χ4v) is 2.48. The number of halogens is 1. The lowest BCUT2D eigenvalue weighted by atomic mass is 10.2. The lowest BCUT2D eigenvalue weighted by molar-refractivity contribution is 0.102. The Hall–Kier alpha value is -3.13. The number of carbonyl (C=O) groups is 1. The number of anilines is 3. The fourth-order valence-electron chi connectivity index (χ4n) is 2.22. The first-order chi connectivity index (χ1) is 12.4. The number of rotatable bonds is 5. The summed E-state index contributed by atoms with van der Waals surface area (Å²) in [4.78, 5) is 21.0. The van der Waals surface area contributed by atoms with Gasteiger partial charge in [-0.2, -0.15) is 0 Å². The SMILES string of the molecule is COc1ccc(NC(=O)c2cc(C)nc(Nc3cc(C)on3)n2)cc1Cl. The second kappa shape index (κ2) is 7.40. The van der Waals surface area contributed by atoms with Crippen LogP contribution in [0.15, 0.2) is 34.9 Å². The first kappa shape index (κ1) is 17.7. The zero-order chi connectivity index (χ0) is 18.7. The van der Waals surface area contributed by atoms with Crippen molar-refractivity contribution in [2.24, 2.45) is 0 Å². The highest BCUT2D eigenvalue weighted by Gasteiger charge is 2.13. The summed E-state index contributed by atoms with van der Waals surface area (Å²) >= 11 is 6.07. The molecule has 1 aromatic carbocycles. The summed E-state index contributed by atoms with van der Waals surface area (Å²) in [5.41, 5.74) is 1.35. The van der Waals surface area contributed by atoms with E-state index in [4.69, 9.17) is 20.9 Å². The molecule has 2 heterocycles. The molecule has 8 nitrogen and oxygen atoms in total. The van der Waals surface area contributed by atoms with Gasteiger partial charge in [-0.25, -0.2) is 9.97 Å². The second-order valence-electron chi connectivity index (χ2n) is 5.47. The molecule has 1 amide bonds. The second-order valence-corrected chi connectivity index (χ2v) is 5.88. The van der Waals surface area contributed by atoms with Crippen LogP contribution in [0.25, 0.3) is 0 Å². The van der Waals surface area contributed by atoms with E-state index in [-0.39, 0.29) is 11.6 Å². The van der Waals surface area contributed by atoms with Crippen LogP contribution in [0.2, 0.25) is 5.02 Å². The van der Waals surface area contributed by atoms with Crippen molar-refractivity contribution in [3.63, 3.8) is 0 Å². The molecule has 0 aliphatic rings. The summed E-state index contributed by atoms with van der Waals surface area (Å²) in [5, 5.41) is 9.86. The van der Waals surface area contributed by atoms with Gasteiger partial charge in [0.15, 0.2) is 5.82 Å². The minimum atomic E-state index is -0.392. The van der Waals surface area contributed by atoms with Crippen molar-refractivity contribution in [1.29, 1.82) is 0 Å². The minimum absolute atomic E-state index is 0.201. The highest BCUT2D eigenvalue weighted by atomic mass is 35.5. The van der Waals surface area contributed by atoms with Crippen molar-refractivity contribution in [2.75, 3.05) is 17.7 Å². The smallest absolute Gasteiger partial charge is 0.274 e. The van der Waals surface area contributed by atoms with Gasteiger partial charge in [0.2, 0.25) is 5.95 Å². The summed E-state index contributed by atoms with van der Waals surface area (Å²) in [6.45, 7) is 3.54. The van der Waals surface area contributed by atoms with Crippen LogP contribution in [-0.4, -0.2) is 28.1 Å². The number of methoxy groups -OCH3 is 1. The number of nitrogens with zero attached hydrogens (tertiary/aromatic N) is 3. The molecule has 0 spiro atoms. The highest BCUT2D eigenvalue weighted by Crippen LogP contribution is 2.27. The zero-order valence-electron chi connectivity index (χ0n) is 14.3. The lowest BCUT2D eigenvalue weighted by Gasteiger charge is -2.09. The van der Waals surface area contributed by atoms with E-state index >= 15 is 0 Å². The Morgan fingerprint density at radius 2 is 2.00 bits per heavy atom. The third-order valence-corrected chi connectivity index (χ3v) is 3.66. The maximum absolute atomic E-state index is 12.5. The van der Waals surface area contributed by atoms with Gasteiger partial charge in [0.25, 0.3) is 5.91 Å². The first-order valence-electron chi connectivity index (χ1n) is 7.65. The molecule has 0 bridgehead atoms. The molecule has 3 rings (SSSR count). The third-order valence-electron chi connectivity index (χ3n) is 3.36. The van der Waals surface area contributed by atoms with Crippen LogP contribution in [0.4, 0.5) is 17.5 Å². The molecule has 0 aliphatic heterocycles. The van der Waals surface area contributed by atoms with Crippen molar-refractivity contribution in [3.05, 3.63) is 52.5 Å². The molecule has 3 aromatic rings. The monoisotopic (exact) mass is 373 g/mol. The number of aryl methyl sites for hydroxylation is 2. The van der Waals surface area contributed by atoms with Crippen LogP contribution in [0.5, 0.6) is 5.75 Å². The van der Waals surface area contributed by atoms with Crippen molar-refractivity contribution in [3.8, 4) is 5.75 Å². The van der Waals surface area contributed by atoms with E-state index in [1.54, 1.807) is 44.2 Å². The number of ether oxygens (including phenoxy) is 1. The molecule has 0 saturated carbocycles. The van der Waals surface area contributed by atoms with E-state index in [0.717, 1.165) is 0 Å². The van der Waals surface area contributed by atoms with Gasteiger partial charge in [-0.3, -0.25) is 4.79 Å². The standard InChI is InChI=1S/C17H16ClN5O3/c1-9-6-13(21-17(19-9)22-15-7-10(2)26-23-15)16(24)20-11-4-5-14(25-3)12(18)8-11/h4-8H,1-3H3,(H,20,24)(H,19,21,22,23). The number of hydrogen-bond donors (Lipinski definition) is 2. The quantitative estimate of drug-likeness (QED) is 0.702. The average Bonchev–Trinajstić information content (AvgIpc) is 2.99. The van der Waals surface area contributed by atoms with Crippen LogP contribution < -0.4 is 15.4 Å². The predicted octanol–water partition coefficient (Wildman–Crippen LogP) is 3.74.